The molecule has 0 fully saturated rings. The van der Waals surface area contributed by atoms with E-state index in [4.69, 9.17) is 4.74 Å². The number of ether oxygens (including phenoxy) is 1. The summed E-state index contributed by atoms with van der Waals surface area (Å²) in [6.45, 7) is 4.71. The zero-order chi connectivity index (χ0) is 16.2. The molecule has 0 spiro atoms. The number of nitrogens with one attached hydrogen (secondary N) is 1. The summed E-state index contributed by atoms with van der Waals surface area (Å²) in [6.07, 6.45) is 1.66. The highest BCUT2D eigenvalue weighted by Gasteiger charge is 1.92. The standard InChI is InChI=1S/C9H7NO.C8H10O.C2H6/c11-9-5-6-10-8-4-2-1-3-7(8)9;1-9-7-8-5-3-2-4-6-8;1-2/h1-6H,(H,10,11);2-6H,7H2,1H3;1-2H3. The van der Waals surface area contributed by atoms with Crippen LogP contribution < -0.4 is 5.43 Å². The summed E-state index contributed by atoms with van der Waals surface area (Å²) in [7, 11) is 1.70. The fourth-order valence-electron chi connectivity index (χ4n) is 1.86. The van der Waals surface area contributed by atoms with Crippen LogP contribution in [0.15, 0.2) is 71.7 Å². The average molecular weight is 297 g/mol. The lowest BCUT2D eigenvalue weighted by Gasteiger charge is -1.95. The molecule has 0 amide bonds. The summed E-state index contributed by atoms with van der Waals surface area (Å²) in [5.41, 5.74) is 2.18. The zero-order valence-corrected chi connectivity index (χ0v) is 13.4. The summed E-state index contributed by atoms with van der Waals surface area (Å²) < 4.78 is 4.93. The molecule has 1 aromatic heterocycles. The Labute approximate surface area is 131 Å². The number of rotatable bonds is 2. The van der Waals surface area contributed by atoms with E-state index in [2.05, 4.69) is 4.98 Å². The molecule has 3 nitrogen and oxygen atoms in total. The van der Waals surface area contributed by atoms with E-state index in [0.717, 1.165) is 10.9 Å². The highest BCUT2D eigenvalue weighted by atomic mass is 16.5. The van der Waals surface area contributed by atoms with Gasteiger partial charge in [0.25, 0.3) is 0 Å². The number of aromatic amines is 1. The molecule has 0 aliphatic carbocycles. The Morgan fingerprint density at radius 1 is 0.909 bits per heavy atom. The first-order valence-electron chi connectivity index (χ1n) is 7.40. The minimum atomic E-state index is 0.0688. The van der Waals surface area contributed by atoms with Crippen molar-refractivity contribution in [2.45, 2.75) is 20.5 Å². The molecule has 1 heterocycles. The second-order valence-electron chi connectivity index (χ2n) is 4.31. The van der Waals surface area contributed by atoms with E-state index in [9.17, 15) is 4.79 Å². The molecular weight excluding hydrogens is 274 g/mol. The number of hydrogen-bond acceptors (Lipinski definition) is 2. The molecule has 0 saturated heterocycles. The van der Waals surface area contributed by atoms with Crippen LogP contribution in [-0.4, -0.2) is 12.1 Å². The van der Waals surface area contributed by atoms with Crippen molar-refractivity contribution in [2.24, 2.45) is 0 Å². The molecule has 3 heteroatoms. The first-order chi connectivity index (χ1) is 10.8. The van der Waals surface area contributed by atoms with Gasteiger partial charge in [0.15, 0.2) is 5.43 Å². The van der Waals surface area contributed by atoms with E-state index in [1.165, 1.54) is 11.6 Å². The number of methoxy groups -OCH3 is 1. The first kappa shape index (κ1) is 17.7. The SMILES string of the molecule is CC.COCc1ccccc1.O=c1cc[nH]c2ccccc12. The number of benzene rings is 2. The van der Waals surface area contributed by atoms with Crippen molar-refractivity contribution in [1.82, 2.24) is 4.98 Å². The van der Waals surface area contributed by atoms with Crippen LogP contribution in [-0.2, 0) is 11.3 Å². The van der Waals surface area contributed by atoms with Crippen LogP contribution in [0.4, 0.5) is 0 Å². The van der Waals surface area contributed by atoms with Crippen LogP contribution in [0.1, 0.15) is 19.4 Å². The number of para-hydroxylation sites is 1. The van der Waals surface area contributed by atoms with Gasteiger partial charge in [0.2, 0.25) is 0 Å². The predicted octanol–water partition coefficient (Wildman–Crippen LogP) is 4.39. The third kappa shape index (κ3) is 5.54. The molecule has 0 unspecified atom stereocenters. The second kappa shape index (κ2) is 10.4. The van der Waals surface area contributed by atoms with Crippen molar-refractivity contribution in [3.63, 3.8) is 0 Å². The van der Waals surface area contributed by atoms with Gasteiger partial charge >= 0.3 is 0 Å². The molecular formula is C19H23NO2. The maximum absolute atomic E-state index is 11.2. The summed E-state index contributed by atoms with van der Waals surface area (Å²) in [4.78, 5) is 14.2. The first-order valence-corrected chi connectivity index (χ1v) is 7.40. The highest BCUT2D eigenvalue weighted by molar-refractivity contribution is 5.77. The van der Waals surface area contributed by atoms with Crippen LogP contribution in [0.5, 0.6) is 0 Å². The van der Waals surface area contributed by atoms with Crippen LogP contribution in [0.2, 0.25) is 0 Å². The Kier molecular flexibility index (Phi) is 8.31. The maximum Gasteiger partial charge on any atom is 0.189 e. The minimum Gasteiger partial charge on any atom is -0.380 e. The van der Waals surface area contributed by atoms with Gasteiger partial charge < -0.3 is 9.72 Å². The number of hydrogen-bond donors (Lipinski definition) is 1. The van der Waals surface area contributed by atoms with Crippen LogP contribution in [0, 0.1) is 0 Å². The van der Waals surface area contributed by atoms with Crippen LogP contribution in [0.25, 0.3) is 10.9 Å². The van der Waals surface area contributed by atoms with Crippen molar-refractivity contribution in [3.05, 3.63) is 82.6 Å². The molecule has 3 aromatic rings. The minimum absolute atomic E-state index is 0.0688. The Morgan fingerprint density at radius 3 is 2.18 bits per heavy atom. The van der Waals surface area contributed by atoms with Gasteiger partial charge in [-0.25, -0.2) is 0 Å². The Hall–Kier alpha value is -2.39. The molecule has 0 atom stereocenters. The van der Waals surface area contributed by atoms with Crippen molar-refractivity contribution >= 4 is 10.9 Å². The Morgan fingerprint density at radius 2 is 1.55 bits per heavy atom. The van der Waals surface area contributed by atoms with E-state index in [-0.39, 0.29) is 5.43 Å². The third-order valence-electron chi connectivity index (χ3n) is 2.82. The van der Waals surface area contributed by atoms with E-state index >= 15 is 0 Å². The molecule has 2 aromatic carbocycles. The van der Waals surface area contributed by atoms with Crippen LogP contribution in [0.3, 0.4) is 0 Å². The van der Waals surface area contributed by atoms with E-state index in [1.807, 2.05) is 68.4 Å². The smallest absolute Gasteiger partial charge is 0.189 e. The molecule has 3 rings (SSSR count). The summed E-state index contributed by atoms with van der Waals surface area (Å²) in [5, 5.41) is 0.745. The zero-order valence-electron chi connectivity index (χ0n) is 13.4. The molecule has 1 N–H and O–H groups in total. The lowest BCUT2D eigenvalue weighted by Crippen LogP contribution is -1.98. The van der Waals surface area contributed by atoms with Gasteiger partial charge in [0.05, 0.1) is 6.61 Å². The van der Waals surface area contributed by atoms with E-state index in [1.54, 1.807) is 13.3 Å². The Bertz CT molecular complexity index is 700. The molecule has 116 valence electrons. The van der Waals surface area contributed by atoms with Gasteiger partial charge in [-0.05, 0) is 17.7 Å². The number of H-pyrrole nitrogens is 1. The number of aromatic nitrogens is 1. The average Bonchev–Trinajstić information content (AvgIpc) is 2.59. The molecule has 0 saturated carbocycles. The van der Waals surface area contributed by atoms with E-state index < -0.39 is 0 Å². The lowest BCUT2D eigenvalue weighted by molar-refractivity contribution is 0.185. The van der Waals surface area contributed by atoms with Crippen molar-refractivity contribution in [1.29, 1.82) is 0 Å². The van der Waals surface area contributed by atoms with Crippen molar-refractivity contribution in [3.8, 4) is 0 Å². The molecule has 0 aliphatic heterocycles. The number of pyridine rings is 1. The quantitative estimate of drug-likeness (QED) is 0.762. The van der Waals surface area contributed by atoms with Crippen molar-refractivity contribution in [2.75, 3.05) is 7.11 Å². The highest BCUT2D eigenvalue weighted by Crippen LogP contribution is 2.03. The monoisotopic (exact) mass is 297 g/mol. The van der Waals surface area contributed by atoms with Gasteiger partial charge in [-0.2, -0.15) is 0 Å². The summed E-state index contributed by atoms with van der Waals surface area (Å²) in [6, 6.07) is 19.1. The summed E-state index contributed by atoms with van der Waals surface area (Å²) in [5.74, 6) is 0. The normalized spacial score (nSPS) is 9.23. The van der Waals surface area contributed by atoms with Gasteiger partial charge in [-0.3, -0.25) is 4.79 Å². The summed E-state index contributed by atoms with van der Waals surface area (Å²) >= 11 is 0. The topological polar surface area (TPSA) is 42.1 Å². The second-order valence-corrected chi connectivity index (χ2v) is 4.31. The predicted molar refractivity (Wildman–Crippen MR) is 93.1 cm³/mol. The molecule has 22 heavy (non-hydrogen) atoms. The van der Waals surface area contributed by atoms with Gasteiger partial charge in [0, 0.05) is 30.3 Å². The fraction of sp³-hybridized carbons (Fsp3) is 0.211. The maximum atomic E-state index is 11.2. The van der Waals surface area contributed by atoms with E-state index in [0.29, 0.717) is 6.61 Å². The molecule has 0 radical (unpaired) electrons. The van der Waals surface area contributed by atoms with Gasteiger partial charge in [-0.15, -0.1) is 0 Å². The molecule has 0 aliphatic rings. The Balaban J connectivity index is 0.000000202. The largest absolute Gasteiger partial charge is 0.380 e. The third-order valence-corrected chi connectivity index (χ3v) is 2.82. The fourth-order valence-corrected chi connectivity index (χ4v) is 1.86. The van der Waals surface area contributed by atoms with Crippen LogP contribution >= 0.6 is 0 Å². The lowest BCUT2D eigenvalue weighted by atomic mass is 10.2. The van der Waals surface area contributed by atoms with Crippen molar-refractivity contribution < 1.29 is 4.74 Å². The van der Waals surface area contributed by atoms with Gasteiger partial charge in [-0.1, -0.05) is 56.3 Å². The number of fused-ring (bicyclic) bond motifs is 1. The van der Waals surface area contributed by atoms with Gasteiger partial charge in [0.1, 0.15) is 0 Å². The molecule has 0 bridgehead atoms.